The number of hydrogen-bond acceptors (Lipinski definition) is 3. The lowest BCUT2D eigenvalue weighted by molar-refractivity contribution is 0.212. The van der Waals surface area contributed by atoms with E-state index in [0.29, 0.717) is 13.2 Å². The summed E-state index contributed by atoms with van der Waals surface area (Å²) in [5.74, 6) is 0. The van der Waals surface area contributed by atoms with Crippen LogP contribution in [-0.2, 0) is 13.6 Å². The molecule has 0 fully saturated rings. The average molecular weight is 208 g/mol. The minimum absolute atomic E-state index is 0.0115. The van der Waals surface area contributed by atoms with E-state index < -0.39 is 7.60 Å². The molecular weight excluding hydrogens is 187 g/mol. The molecule has 13 heavy (non-hydrogen) atoms. The van der Waals surface area contributed by atoms with E-state index in [-0.39, 0.29) is 5.66 Å². The highest BCUT2D eigenvalue weighted by atomic mass is 31.2. The fraction of sp³-hybridized carbons (Fsp3) is 1.00. The molecule has 0 spiro atoms. The Morgan fingerprint density at radius 2 is 1.62 bits per heavy atom. The second kappa shape index (κ2) is 6.58. The predicted molar refractivity (Wildman–Crippen MR) is 55.2 cm³/mol. The van der Waals surface area contributed by atoms with E-state index in [9.17, 15) is 4.57 Å². The van der Waals surface area contributed by atoms with Gasteiger partial charge in [0.05, 0.1) is 18.9 Å². The summed E-state index contributed by atoms with van der Waals surface area (Å²) in [6.45, 7) is 8.57. The van der Waals surface area contributed by atoms with Gasteiger partial charge in [0.15, 0.2) is 0 Å². The predicted octanol–water partition coefficient (Wildman–Crippen LogP) is 3.44. The third-order valence-corrected chi connectivity index (χ3v) is 4.44. The van der Waals surface area contributed by atoms with Crippen molar-refractivity contribution in [3.8, 4) is 0 Å². The Morgan fingerprint density at radius 3 is 1.92 bits per heavy atom. The molecular formula is C9H21O3P. The van der Waals surface area contributed by atoms with Crippen molar-refractivity contribution in [2.75, 3.05) is 13.2 Å². The Balaban J connectivity index is 4.28. The molecule has 0 radical (unpaired) electrons. The molecule has 0 N–H and O–H groups in total. The second-order valence-corrected chi connectivity index (χ2v) is 5.49. The van der Waals surface area contributed by atoms with Crippen molar-refractivity contribution in [3.63, 3.8) is 0 Å². The molecule has 0 aromatic carbocycles. The van der Waals surface area contributed by atoms with Gasteiger partial charge < -0.3 is 9.05 Å². The molecule has 0 aromatic heterocycles. The molecule has 0 aliphatic rings. The van der Waals surface area contributed by atoms with Crippen molar-refractivity contribution in [1.82, 2.24) is 0 Å². The summed E-state index contributed by atoms with van der Waals surface area (Å²) in [5, 5.41) is 0. The van der Waals surface area contributed by atoms with Crippen LogP contribution in [0.3, 0.4) is 0 Å². The maximum Gasteiger partial charge on any atom is 0.333 e. The summed E-state index contributed by atoms with van der Waals surface area (Å²) in [6.07, 6.45) is 1.89. The third-order valence-electron chi connectivity index (χ3n) is 1.86. The molecule has 0 amide bonds. The van der Waals surface area contributed by atoms with Crippen LogP contribution in [-0.4, -0.2) is 18.9 Å². The summed E-state index contributed by atoms with van der Waals surface area (Å²) >= 11 is 0. The fourth-order valence-corrected chi connectivity index (χ4v) is 3.11. The molecule has 0 saturated carbocycles. The smallest absolute Gasteiger partial charge is 0.309 e. The molecule has 4 heteroatoms. The maximum absolute atomic E-state index is 12.1. The molecule has 1 unspecified atom stereocenters. The van der Waals surface area contributed by atoms with E-state index in [0.717, 1.165) is 12.8 Å². The molecule has 0 aliphatic carbocycles. The van der Waals surface area contributed by atoms with Crippen molar-refractivity contribution in [1.29, 1.82) is 0 Å². The van der Waals surface area contributed by atoms with Crippen LogP contribution in [0.1, 0.15) is 40.5 Å². The molecule has 0 rings (SSSR count). The maximum atomic E-state index is 12.1. The molecule has 0 heterocycles. The van der Waals surface area contributed by atoms with Gasteiger partial charge in [-0.3, -0.25) is 4.57 Å². The normalized spacial score (nSPS) is 14.5. The lowest BCUT2D eigenvalue weighted by atomic mass is 10.3. The van der Waals surface area contributed by atoms with E-state index in [1.54, 1.807) is 0 Å². The van der Waals surface area contributed by atoms with Crippen LogP contribution >= 0.6 is 7.60 Å². The first kappa shape index (κ1) is 13.2. The highest BCUT2D eigenvalue weighted by molar-refractivity contribution is 7.54. The lowest BCUT2D eigenvalue weighted by Gasteiger charge is -2.22. The standard InChI is InChI=1S/C9H21O3P/c1-5-8-9(4)13(10,11-6-2)12-7-3/h9H,5-8H2,1-4H3. The average Bonchev–Trinajstić information content (AvgIpc) is 2.05. The summed E-state index contributed by atoms with van der Waals surface area (Å²) in [7, 11) is -2.83. The van der Waals surface area contributed by atoms with Crippen LogP contribution in [0.2, 0.25) is 0 Å². The lowest BCUT2D eigenvalue weighted by Crippen LogP contribution is -2.09. The quantitative estimate of drug-likeness (QED) is 0.601. The Labute approximate surface area is 81.3 Å². The first-order valence-electron chi connectivity index (χ1n) is 4.99. The van der Waals surface area contributed by atoms with Crippen molar-refractivity contribution in [2.24, 2.45) is 0 Å². The molecule has 80 valence electrons. The van der Waals surface area contributed by atoms with Gasteiger partial charge in [-0.05, 0) is 20.3 Å². The van der Waals surface area contributed by atoms with E-state index in [2.05, 4.69) is 6.92 Å². The van der Waals surface area contributed by atoms with Crippen molar-refractivity contribution < 1.29 is 13.6 Å². The van der Waals surface area contributed by atoms with E-state index in [1.165, 1.54) is 0 Å². The van der Waals surface area contributed by atoms with Crippen LogP contribution in [0, 0.1) is 0 Å². The van der Waals surface area contributed by atoms with Crippen LogP contribution in [0.5, 0.6) is 0 Å². The molecule has 0 bridgehead atoms. The molecule has 0 aliphatic heterocycles. The summed E-state index contributed by atoms with van der Waals surface area (Å²) in [4.78, 5) is 0. The highest BCUT2D eigenvalue weighted by Crippen LogP contribution is 2.54. The van der Waals surface area contributed by atoms with Gasteiger partial charge in [-0.25, -0.2) is 0 Å². The Bertz CT molecular complexity index is 160. The topological polar surface area (TPSA) is 35.5 Å². The SMILES string of the molecule is CCCC(C)P(=O)(OCC)OCC. The zero-order valence-electron chi connectivity index (χ0n) is 9.08. The number of hydrogen-bond donors (Lipinski definition) is 0. The van der Waals surface area contributed by atoms with Gasteiger partial charge in [0.2, 0.25) is 0 Å². The molecule has 0 aromatic rings. The minimum atomic E-state index is -2.83. The zero-order chi connectivity index (χ0) is 10.3. The van der Waals surface area contributed by atoms with Gasteiger partial charge in [0.25, 0.3) is 0 Å². The fourth-order valence-electron chi connectivity index (χ4n) is 1.23. The van der Waals surface area contributed by atoms with Crippen LogP contribution < -0.4 is 0 Å². The summed E-state index contributed by atoms with van der Waals surface area (Å²) in [6, 6.07) is 0. The molecule has 3 nitrogen and oxygen atoms in total. The highest BCUT2D eigenvalue weighted by Gasteiger charge is 2.30. The minimum Gasteiger partial charge on any atom is -0.309 e. The second-order valence-electron chi connectivity index (χ2n) is 3.01. The van der Waals surface area contributed by atoms with Crippen LogP contribution in [0.25, 0.3) is 0 Å². The van der Waals surface area contributed by atoms with Gasteiger partial charge in [0.1, 0.15) is 0 Å². The van der Waals surface area contributed by atoms with Crippen molar-refractivity contribution >= 4 is 7.60 Å². The van der Waals surface area contributed by atoms with Gasteiger partial charge >= 0.3 is 7.60 Å². The van der Waals surface area contributed by atoms with Crippen molar-refractivity contribution in [2.45, 2.75) is 46.2 Å². The summed E-state index contributed by atoms with van der Waals surface area (Å²) in [5.41, 5.74) is 0.0115. The van der Waals surface area contributed by atoms with Gasteiger partial charge in [0, 0.05) is 0 Å². The van der Waals surface area contributed by atoms with Crippen molar-refractivity contribution in [3.05, 3.63) is 0 Å². The Hall–Kier alpha value is 0.150. The number of rotatable bonds is 7. The van der Waals surface area contributed by atoms with Gasteiger partial charge in [-0.15, -0.1) is 0 Å². The van der Waals surface area contributed by atoms with Gasteiger partial charge in [-0.1, -0.05) is 20.3 Å². The first-order valence-corrected chi connectivity index (χ1v) is 6.60. The molecule has 0 saturated heterocycles. The largest absolute Gasteiger partial charge is 0.333 e. The Morgan fingerprint density at radius 1 is 1.15 bits per heavy atom. The Kier molecular flexibility index (Phi) is 6.66. The van der Waals surface area contributed by atoms with Gasteiger partial charge in [-0.2, -0.15) is 0 Å². The van der Waals surface area contributed by atoms with Crippen LogP contribution in [0.4, 0.5) is 0 Å². The third kappa shape index (κ3) is 4.26. The first-order chi connectivity index (χ1) is 6.10. The van der Waals surface area contributed by atoms with Crippen LogP contribution in [0.15, 0.2) is 0 Å². The van der Waals surface area contributed by atoms with E-state index in [1.807, 2.05) is 20.8 Å². The van der Waals surface area contributed by atoms with E-state index >= 15 is 0 Å². The molecule has 1 atom stereocenters. The zero-order valence-corrected chi connectivity index (χ0v) is 9.97. The summed E-state index contributed by atoms with van der Waals surface area (Å²) < 4.78 is 22.5. The van der Waals surface area contributed by atoms with E-state index in [4.69, 9.17) is 9.05 Å². The monoisotopic (exact) mass is 208 g/mol.